The summed E-state index contributed by atoms with van der Waals surface area (Å²) in [5, 5.41) is 18.0. The Morgan fingerprint density at radius 3 is 2.55 bits per heavy atom. The SMILES string of the molecule is N#Cc1ccc2c(c1C#N)CC(C=O)N2CC(F)(F)F. The van der Waals surface area contributed by atoms with E-state index in [4.69, 9.17) is 10.5 Å². The van der Waals surface area contributed by atoms with Gasteiger partial charge in [-0.25, -0.2) is 0 Å². The molecule has 2 rings (SSSR count). The lowest BCUT2D eigenvalue weighted by Gasteiger charge is -2.25. The van der Waals surface area contributed by atoms with Gasteiger partial charge in [-0.2, -0.15) is 23.7 Å². The number of hydrogen-bond acceptors (Lipinski definition) is 4. The number of aldehydes is 1. The number of halogens is 3. The second kappa shape index (κ2) is 4.86. The Labute approximate surface area is 112 Å². The van der Waals surface area contributed by atoms with Crippen LogP contribution in [0.2, 0.25) is 0 Å². The second-order valence-electron chi connectivity index (χ2n) is 4.36. The van der Waals surface area contributed by atoms with Crippen molar-refractivity contribution in [3.63, 3.8) is 0 Å². The minimum absolute atomic E-state index is 0.00727. The Bertz CT molecular complexity index is 640. The molecule has 1 aliphatic heterocycles. The largest absolute Gasteiger partial charge is 0.405 e. The molecule has 4 nitrogen and oxygen atoms in total. The number of hydrogen-bond donors (Lipinski definition) is 0. The number of nitrogens with zero attached hydrogens (tertiary/aromatic N) is 3. The Hall–Kier alpha value is -2.54. The Morgan fingerprint density at radius 2 is 2.05 bits per heavy atom. The highest BCUT2D eigenvalue weighted by Gasteiger charge is 2.39. The molecule has 1 aromatic carbocycles. The molecule has 1 aromatic rings. The van der Waals surface area contributed by atoms with Crippen molar-refractivity contribution in [2.24, 2.45) is 0 Å². The summed E-state index contributed by atoms with van der Waals surface area (Å²) >= 11 is 0. The smallest absolute Gasteiger partial charge is 0.352 e. The van der Waals surface area contributed by atoms with Crippen LogP contribution in [0.25, 0.3) is 0 Å². The van der Waals surface area contributed by atoms with Gasteiger partial charge < -0.3 is 9.69 Å². The highest BCUT2D eigenvalue weighted by atomic mass is 19.4. The Balaban J connectivity index is 2.54. The zero-order chi connectivity index (χ0) is 14.9. The van der Waals surface area contributed by atoms with E-state index in [0.29, 0.717) is 11.8 Å². The van der Waals surface area contributed by atoms with Gasteiger partial charge in [0.25, 0.3) is 0 Å². The number of benzene rings is 1. The molecule has 1 aliphatic rings. The Morgan fingerprint density at radius 1 is 1.35 bits per heavy atom. The number of anilines is 1. The van der Waals surface area contributed by atoms with Crippen molar-refractivity contribution in [1.82, 2.24) is 0 Å². The molecule has 0 saturated heterocycles. The number of fused-ring (bicyclic) bond motifs is 1. The first-order valence-corrected chi connectivity index (χ1v) is 5.66. The summed E-state index contributed by atoms with van der Waals surface area (Å²) in [6.45, 7) is -1.26. The first-order valence-electron chi connectivity index (χ1n) is 5.66. The van der Waals surface area contributed by atoms with Crippen molar-refractivity contribution >= 4 is 12.0 Å². The van der Waals surface area contributed by atoms with Gasteiger partial charge in [0, 0.05) is 12.1 Å². The van der Waals surface area contributed by atoms with E-state index in [1.54, 1.807) is 0 Å². The molecule has 0 spiro atoms. The van der Waals surface area contributed by atoms with Crippen LogP contribution >= 0.6 is 0 Å². The fourth-order valence-electron chi connectivity index (χ4n) is 2.35. The van der Waals surface area contributed by atoms with Gasteiger partial charge in [0.2, 0.25) is 0 Å². The third kappa shape index (κ3) is 2.30. The molecule has 102 valence electrons. The van der Waals surface area contributed by atoms with Crippen molar-refractivity contribution in [2.45, 2.75) is 18.6 Å². The minimum Gasteiger partial charge on any atom is -0.352 e. The lowest BCUT2D eigenvalue weighted by molar-refractivity contribution is -0.121. The van der Waals surface area contributed by atoms with Gasteiger partial charge in [-0.1, -0.05) is 0 Å². The molecule has 0 amide bonds. The van der Waals surface area contributed by atoms with E-state index in [2.05, 4.69) is 0 Å². The zero-order valence-electron chi connectivity index (χ0n) is 10.1. The van der Waals surface area contributed by atoms with Crippen molar-refractivity contribution in [3.05, 3.63) is 28.8 Å². The second-order valence-corrected chi connectivity index (χ2v) is 4.36. The number of nitriles is 2. The van der Waals surface area contributed by atoms with Gasteiger partial charge in [0.1, 0.15) is 25.0 Å². The highest BCUT2D eigenvalue weighted by molar-refractivity contribution is 5.77. The van der Waals surface area contributed by atoms with Crippen LogP contribution in [0.5, 0.6) is 0 Å². The van der Waals surface area contributed by atoms with Crippen LogP contribution in [0, 0.1) is 22.7 Å². The third-order valence-corrected chi connectivity index (χ3v) is 3.15. The zero-order valence-corrected chi connectivity index (χ0v) is 10.1. The quantitative estimate of drug-likeness (QED) is 0.776. The number of carbonyl (C=O) groups is 1. The van der Waals surface area contributed by atoms with E-state index in [-0.39, 0.29) is 23.2 Å². The van der Waals surface area contributed by atoms with Crippen molar-refractivity contribution < 1.29 is 18.0 Å². The summed E-state index contributed by atoms with van der Waals surface area (Å²) in [5.41, 5.74) is 0.661. The maximum absolute atomic E-state index is 12.6. The van der Waals surface area contributed by atoms with Gasteiger partial charge in [0.15, 0.2) is 0 Å². The summed E-state index contributed by atoms with van der Waals surface area (Å²) in [6.07, 6.45) is -4.02. The van der Waals surface area contributed by atoms with Gasteiger partial charge >= 0.3 is 6.18 Å². The van der Waals surface area contributed by atoms with Gasteiger partial charge in [-0.15, -0.1) is 0 Å². The molecule has 0 radical (unpaired) electrons. The lowest BCUT2D eigenvalue weighted by Crippen LogP contribution is -2.40. The van der Waals surface area contributed by atoms with Crippen molar-refractivity contribution in [1.29, 1.82) is 10.5 Å². The standard InChI is InChI=1S/C13H8F3N3O/c14-13(15,16)7-19-9(6-20)3-10-11(5-18)8(4-17)1-2-12(10)19/h1-2,6,9H,3,7H2. The van der Waals surface area contributed by atoms with E-state index < -0.39 is 18.8 Å². The molecular formula is C13H8F3N3O. The number of carbonyl (C=O) groups excluding carboxylic acids is 1. The van der Waals surface area contributed by atoms with E-state index in [1.165, 1.54) is 12.1 Å². The normalized spacial score (nSPS) is 17.2. The molecular weight excluding hydrogens is 271 g/mol. The maximum atomic E-state index is 12.6. The van der Waals surface area contributed by atoms with Gasteiger partial charge in [0.05, 0.1) is 17.2 Å². The van der Waals surface area contributed by atoms with Gasteiger partial charge in [-0.05, 0) is 17.7 Å². The van der Waals surface area contributed by atoms with E-state index in [0.717, 1.165) is 4.90 Å². The van der Waals surface area contributed by atoms with E-state index in [1.807, 2.05) is 12.1 Å². The van der Waals surface area contributed by atoms with Crippen LogP contribution in [-0.2, 0) is 11.2 Å². The van der Waals surface area contributed by atoms with Crippen LogP contribution in [0.4, 0.5) is 18.9 Å². The summed E-state index contributed by atoms with van der Waals surface area (Å²) in [7, 11) is 0. The summed E-state index contributed by atoms with van der Waals surface area (Å²) in [6, 6.07) is 5.33. The molecule has 1 unspecified atom stereocenters. The topological polar surface area (TPSA) is 67.9 Å². The van der Waals surface area contributed by atoms with Crippen molar-refractivity contribution in [3.8, 4) is 12.1 Å². The predicted octanol–water partition coefficient (Wildman–Crippen LogP) is 1.92. The molecule has 1 heterocycles. The van der Waals surface area contributed by atoms with Crippen LogP contribution in [0.1, 0.15) is 16.7 Å². The third-order valence-electron chi connectivity index (χ3n) is 3.15. The summed E-state index contributed by atoms with van der Waals surface area (Å²) < 4.78 is 37.7. The molecule has 1 atom stereocenters. The molecule has 7 heteroatoms. The van der Waals surface area contributed by atoms with E-state index >= 15 is 0 Å². The summed E-state index contributed by atoms with van der Waals surface area (Å²) in [5.74, 6) is 0. The van der Waals surface area contributed by atoms with E-state index in [9.17, 15) is 18.0 Å². The monoisotopic (exact) mass is 279 g/mol. The molecule has 0 aliphatic carbocycles. The molecule has 0 fully saturated rings. The maximum Gasteiger partial charge on any atom is 0.405 e. The predicted molar refractivity (Wildman–Crippen MR) is 62.8 cm³/mol. The summed E-state index contributed by atoms with van der Waals surface area (Å²) in [4.78, 5) is 11.9. The molecule has 0 saturated carbocycles. The van der Waals surface area contributed by atoms with Crippen LogP contribution < -0.4 is 4.90 Å². The Kier molecular flexibility index (Phi) is 3.37. The molecule has 0 aromatic heterocycles. The average Bonchev–Trinajstić information content (AvgIpc) is 2.73. The fourth-order valence-corrected chi connectivity index (χ4v) is 2.35. The molecule has 20 heavy (non-hydrogen) atoms. The van der Waals surface area contributed by atoms with Crippen LogP contribution in [-0.4, -0.2) is 25.0 Å². The number of rotatable bonds is 2. The highest BCUT2D eigenvalue weighted by Crippen LogP contribution is 2.37. The molecule has 0 N–H and O–H groups in total. The van der Waals surface area contributed by atoms with Crippen molar-refractivity contribution in [2.75, 3.05) is 11.4 Å². The number of alkyl halides is 3. The molecule has 0 bridgehead atoms. The fraction of sp³-hybridized carbons (Fsp3) is 0.308. The first-order chi connectivity index (χ1) is 9.41. The average molecular weight is 279 g/mol. The lowest BCUT2D eigenvalue weighted by atomic mass is 9.99. The van der Waals surface area contributed by atoms with Crippen LogP contribution in [0.3, 0.4) is 0 Å². The minimum atomic E-state index is -4.45. The first kappa shape index (κ1) is 13.9. The van der Waals surface area contributed by atoms with Crippen LogP contribution in [0.15, 0.2) is 12.1 Å². The van der Waals surface area contributed by atoms with Gasteiger partial charge in [-0.3, -0.25) is 0 Å².